The van der Waals surface area contributed by atoms with Crippen molar-refractivity contribution in [2.75, 3.05) is 7.11 Å². The van der Waals surface area contributed by atoms with Gasteiger partial charge in [0.15, 0.2) is 0 Å². The number of benzene rings is 1. The summed E-state index contributed by atoms with van der Waals surface area (Å²) in [4.78, 5) is 10.6. The van der Waals surface area contributed by atoms with E-state index in [1.807, 2.05) is 32.0 Å². The first kappa shape index (κ1) is 11.8. The molecule has 1 aliphatic rings. The van der Waals surface area contributed by atoms with Crippen molar-refractivity contribution in [2.45, 2.75) is 31.9 Å². The van der Waals surface area contributed by atoms with E-state index in [0.29, 0.717) is 0 Å². The van der Waals surface area contributed by atoms with Gasteiger partial charge in [-0.05, 0) is 26.0 Å². The lowest BCUT2D eigenvalue weighted by molar-refractivity contribution is -0.110. The smallest absolute Gasteiger partial charge is 0.207 e. The van der Waals surface area contributed by atoms with Crippen LogP contribution in [0.15, 0.2) is 18.2 Å². The number of ether oxygens (including phenoxy) is 2. The molecule has 0 aliphatic carbocycles. The van der Waals surface area contributed by atoms with Crippen molar-refractivity contribution < 1.29 is 14.3 Å². The minimum atomic E-state index is -0.292. The Labute approximate surface area is 101 Å². The van der Waals surface area contributed by atoms with Gasteiger partial charge in [0.25, 0.3) is 0 Å². The molecule has 0 saturated carbocycles. The maximum Gasteiger partial charge on any atom is 0.207 e. The van der Waals surface area contributed by atoms with Gasteiger partial charge in [-0.2, -0.15) is 0 Å². The molecular formula is C13H17NO3. The van der Waals surface area contributed by atoms with E-state index < -0.39 is 0 Å². The molecule has 4 nitrogen and oxygen atoms in total. The zero-order chi connectivity index (χ0) is 12.5. The second-order valence-corrected chi connectivity index (χ2v) is 4.81. The van der Waals surface area contributed by atoms with Gasteiger partial charge in [0.05, 0.1) is 13.2 Å². The summed E-state index contributed by atoms with van der Waals surface area (Å²) in [7, 11) is 1.62. The van der Waals surface area contributed by atoms with E-state index in [0.717, 1.165) is 29.9 Å². The highest BCUT2D eigenvalue weighted by molar-refractivity contribution is 5.51. The zero-order valence-electron chi connectivity index (χ0n) is 10.3. The maximum atomic E-state index is 10.6. The molecule has 17 heavy (non-hydrogen) atoms. The summed E-state index contributed by atoms with van der Waals surface area (Å²) < 4.78 is 11.1. The Balaban J connectivity index is 2.40. The molecule has 1 aromatic rings. The standard InChI is InChI=1S/C13H17NO3/c1-13(2)7-11(14-8-15)10-5-4-9(16-3)6-12(10)17-13/h4-6,8,11H,7H2,1-3H3,(H,14,15). The molecule has 0 saturated heterocycles. The predicted octanol–water partition coefficient (Wildman–Crippen LogP) is 2.04. The fourth-order valence-electron chi connectivity index (χ4n) is 2.19. The Kier molecular flexibility index (Phi) is 2.96. The molecule has 1 atom stereocenters. The summed E-state index contributed by atoms with van der Waals surface area (Å²) in [6.07, 6.45) is 1.49. The third-order valence-electron chi connectivity index (χ3n) is 2.95. The van der Waals surface area contributed by atoms with E-state index in [1.54, 1.807) is 7.11 Å². The number of nitrogens with one attached hydrogen (secondary N) is 1. The SMILES string of the molecule is COc1ccc2c(c1)OC(C)(C)CC2NC=O. The van der Waals surface area contributed by atoms with E-state index in [4.69, 9.17) is 9.47 Å². The molecule has 1 aliphatic heterocycles. The summed E-state index contributed by atoms with van der Waals surface area (Å²) in [6.45, 7) is 4.02. The number of methoxy groups -OCH3 is 1. The molecule has 1 unspecified atom stereocenters. The Hall–Kier alpha value is -1.71. The van der Waals surface area contributed by atoms with Crippen LogP contribution in [-0.2, 0) is 4.79 Å². The van der Waals surface area contributed by atoms with Crippen LogP contribution in [-0.4, -0.2) is 19.1 Å². The predicted molar refractivity (Wildman–Crippen MR) is 64.3 cm³/mol. The van der Waals surface area contributed by atoms with Gasteiger partial charge in [-0.15, -0.1) is 0 Å². The molecule has 1 N–H and O–H groups in total. The molecule has 92 valence electrons. The van der Waals surface area contributed by atoms with E-state index >= 15 is 0 Å². The van der Waals surface area contributed by atoms with Crippen LogP contribution in [0.1, 0.15) is 31.9 Å². The van der Waals surface area contributed by atoms with Crippen molar-refractivity contribution in [3.05, 3.63) is 23.8 Å². The highest BCUT2D eigenvalue weighted by Gasteiger charge is 2.33. The van der Waals surface area contributed by atoms with Gasteiger partial charge < -0.3 is 14.8 Å². The van der Waals surface area contributed by atoms with Gasteiger partial charge in [0.2, 0.25) is 6.41 Å². The van der Waals surface area contributed by atoms with Crippen LogP contribution >= 0.6 is 0 Å². The number of hydrogen-bond donors (Lipinski definition) is 1. The van der Waals surface area contributed by atoms with Crippen LogP contribution < -0.4 is 14.8 Å². The second-order valence-electron chi connectivity index (χ2n) is 4.81. The molecule has 2 rings (SSSR count). The number of carbonyl (C=O) groups excluding carboxylic acids is 1. The van der Waals surface area contributed by atoms with Crippen molar-refractivity contribution in [1.82, 2.24) is 5.32 Å². The summed E-state index contributed by atoms with van der Waals surface area (Å²) in [5.41, 5.74) is 0.706. The van der Waals surface area contributed by atoms with Gasteiger partial charge in [-0.3, -0.25) is 4.79 Å². The van der Waals surface area contributed by atoms with Crippen LogP contribution in [0.25, 0.3) is 0 Å². The van der Waals surface area contributed by atoms with Crippen LogP contribution in [0, 0.1) is 0 Å². The van der Waals surface area contributed by atoms with Gasteiger partial charge in [0.1, 0.15) is 17.1 Å². The fourth-order valence-corrected chi connectivity index (χ4v) is 2.19. The second kappa shape index (κ2) is 4.28. The molecule has 4 heteroatoms. The number of hydrogen-bond acceptors (Lipinski definition) is 3. The van der Waals surface area contributed by atoms with E-state index in [-0.39, 0.29) is 11.6 Å². The molecule has 1 heterocycles. The first-order chi connectivity index (χ1) is 8.05. The van der Waals surface area contributed by atoms with Crippen molar-refractivity contribution >= 4 is 6.41 Å². The molecule has 0 radical (unpaired) electrons. The van der Waals surface area contributed by atoms with Gasteiger partial charge in [-0.25, -0.2) is 0 Å². The molecule has 1 aromatic carbocycles. The van der Waals surface area contributed by atoms with Crippen molar-refractivity contribution in [3.63, 3.8) is 0 Å². The quantitative estimate of drug-likeness (QED) is 0.816. The van der Waals surface area contributed by atoms with E-state index in [1.165, 1.54) is 0 Å². The Morgan fingerprint density at radius 3 is 2.94 bits per heavy atom. The third-order valence-corrected chi connectivity index (χ3v) is 2.95. The third kappa shape index (κ3) is 2.35. The van der Waals surface area contributed by atoms with Crippen LogP contribution in [0.4, 0.5) is 0 Å². The first-order valence-electron chi connectivity index (χ1n) is 5.62. The average molecular weight is 235 g/mol. The Morgan fingerprint density at radius 1 is 1.53 bits per heavy atom. The number of amides is 1. The lowest BCUT2D eigenvalue weighted by Crippen LogP contribution is -2.39. The Bertz CT molecular complexity index is 429. The highest BCUT2D eigenvalue weighted by atomic mass is 16.5. The fraction of sp³-hybridized carbons (Fsp3) is 0.462. The monoisotopic (exact) mass is 235 g/mol. The van der Waals surface area contributed by atoms with Crippen LogP contribution in [0.3, 0.4) is 0 Å². The summed E-state index contributed by atoms with van der Waals surface area (Å²) in [5.74, 6) is 1.53. The lowest BCUT2D eigenvalue weighted by atomic mass is 9.90. The molecule has 0 spiro atoms. The number of rotatable bonds is 3. The van der Waals surface area contributed by atoms with E-state index in [9.17, 15) is 4.79 Å². The minimum Gasteiger partial charge on any atom is -0.497 e. The molecule has 0 aromatic heterocycles. The lowest BCUT2D eigenvalue weighted by Gasteiger charge is -2.37. The van der Waals surface area contributed by atoms with Gasteiger partial charge in [-0.1, -0.05) is 0 Å². The minimum absolute atomic E-state index is 0.00263. The van der Waals surface area contributed by atoms with Crippen molar-refractivity contribution in [2.24, 2.45) is 0 Å². The van der Waals surface area contributed by atoms with Crippen molar-refractivity contribution in [3.8, 4) is 11.5 Å². The van der Waals surface area contributed by atoms with Gasteiger partial charge in [0, 0.05) is 18.1 Å². The van der Waals surface area contributed by atoms with Gasteiger partial charge >= 0.3 is 0 Å². The average Bonchev–Trinajstić information content (AvgIpc) is 2.27. The number of carbonyl (C=O) groups is 1. The molecule has 0 fully saturated rings. The normalized spacial score (nSPS) is 21.0. The molecule has 0 bridgehead atoms. The summed E-state index contributed by atoms with van der Waals surface area (Å²) in [6, 6.07) is 5.66. The topological polar surface area (TPSA) is 47.6 Å². The number of fused-ring (bicyclic) bond motifs is 1. The summed E-state index contributed by atoms with van der Waals surface area (Å²) >= 11 is 0. The zero-order valence-corrected chi connectivity index (χ0v) is 10.3. The highest BCUT2D eigenvalue weighted by Crippen LogP contribution is 2.40. The maximum absolute atomic E-state index is 10.6. The largest absolute Gasteiger partial charge is 0.497 e. The molecule has 1 amide bonds. The molecular weight excluding hydrogens is 218 g/mol. The van der Waals surface area contributed by atoms with Crippen LogP contribution in [0.2, 0.25) is 0 Å². The van der Waals surface area contributed by atoms with Crippen molar-refractivity contribution in [1.29, 1.82) is 0 Å². The Morgan fingerprint density at radius 2 is 2.29 bits per heavy atom. The summed E-state index contributed by atoms with van der Waals surface area (Å²) in [5, 5.41) is 2.83. The van der Waals surface area contributed by atoms with Crippen LogP contribution in [0.5, 0.6) is 11.5 Å². The first-order valence-corrected chi connectivity index (χ1v) is 5.62. The van der Waals surface area contributed by atoms with E-state index in [2.05, 4.69) is 5.32 Å².